The number of aromatic carboxylic acids is 1. The monoisotopic (exact) mass is 683 g/mol. The van der Waals surface area contributed by atoms with Crippen molar-refractivity contribution in [1.82, 2.24) is 24.1 Å². The van der Waals surface area contributed by atoms with E-state index in [0.29, 0.717) is 49.9 Å². The first-order valence-corrected chi connectivity index (χ1v) is 18.0. The molecule has 3 aromatic carbocycles. The van der Waals surface area contributed by atoms with Gasteiger partial charge in [0.15, 0.2) is 0 Å². The smallest absolute Gasteiger partial charge is 0.352 e. The minimum atomic E-state index is -0.925. The maximum atomic E-state index is 13.1. The predicted octanol–water partition coefficient (Wildman–Crippen LogP) is 7.28. The number of aromatic nitrogens is 3. The Kier molecular flexibility index (Phi) is 10.2. The van der Waals surface area contributed by atoms with Gasteiger partial charge in [-0.05, 0) is 75.7 Å². The summed E-state index contributed by atoms with van der Waals surface area (Å²) >= 11 is 7.11. The van der Waals surface area contributed by atoms with Crippen LogP contribution in [0.25, 0.3) is 32.8 Å². The van der Waals surface area contributed by atoms with Crippen molar-refractivity contribution < 1.29 is 19.4 Å². The quantitative estimate of drug-likeness (QED) is 0.155. The number of carboxylic acids is 1. The van der Waals surface area contributed by atoms with E-state index < -0.39 is 5.97 Å². The number of carbonyl (C=O) groups is 1. The number of hydrogen-bond acceptors (Lipinski definition) is 6. The molecule has 1 saturated heterocycles. The summed E-state index contributed by atoms with van der Waals surface area (Å²) in [5.41, 5.74) is 5.72. The number of benzene rings is 3. The summed E-state index contributed by atoms with van der Waals surface area (Å²) in [4.78, 5) is 18.0. The van der Waals surface area contributed by atoms with Gasteiger partial charge in [-0.2, -0.15) is 5.10 Å². The van der Waals surface area contributed by atoms with E-state index in [2.05, 4.69) is 46.7 Å². The minimum absolute atomic E-state index is 0.336. The topological polar surface area (TPSA) is 85.0 Å². The Morgan fingerprint density at radius 3 is 2.59 bits per heavy atom. The molecule has 258 valence electrons. The van der Waals surface area contributed by atoms with Crippen LogP contribution in [0, 0.1) is 6.92 Å². The third-order valence-electron chi connectivity index (χ3n) is 10.2. The molecule has 0 aliphatic carbocycles. The maximum absolute atomic E-state index is 13.1. The Labute approximate surface area is 292 Å². The van der Waals surface area contributed by atoms with E-state index in [-0.39, 0.29) is 0 Å². The maximum Gasteiger partial charge on any atom is 0.352 e. The van der Waals surface area contributed by atoms with E-state index in [4.69, 9.17) is 26.2 Å². The Hall–Kier alpha value is -3.89. The summed E-state index contributed by atoms with van der Waals surface area (Å²) in [6.07, 6.45) is 3.85. The first-order valence-electron chi connectivity index (χ1n) is 17.6. The van der Waals surface area contributed by atoms with E-state index >= 15 is 0 Å². The zero-order valence-corrected chi connectivity index (χ0v) is 29.3. The van der Waals surface area contributed by atoms with Crippen LogP contribution >= 0.6 is 11.6 Å². The molecule has 2 aliphatic heterocycles. The Morgan fingerprint density at radius 1 is 0.939 bits per heavy atom. The second-order valence-corrected chi connectivity index (χ2v) is 13.8. The fourth-order valence-corrected chi connectivity index (χ4v) is 7.86. The highest BCUT2D eigenvalue weighted by molar-refractivity contribution is 6.35. The number of likely N-dealkylation sites (N-methyl/N-ethyl adjacent to an activating group) is 1. The molecular weight excluding hydrogens is 638 g/mol. The average molecular weight is 684 g/mol. The second-order valence-electron chi connectivity index (χ2n) is 13.4. The van der Waals surface area contributed by atoms with Gasteiger partial charge < -0.3 is 28.9 Å². The van der Waals surface area contributed by atoms with Gasteiger partial charge in [0.05, 0.1) is 29.4 Å². The van der Waals surface area contributed by atoms with Crippen molar-refractivity contribution >= 4 is 39.2 Å². The van der Waals surface area contributed by atoms with Crippen LogP contribution in [-0.4, -0.2) is 88.2 Å². The van der Waals surface area contributed by atoms with Crippen molar-refractivity contribution in [2.45, 2.75) is 58.7 Å². The molecule has 1 fully saturated rings. The van der Waals surface area contributed by atoms with Crippen molar-refractivity contribution in [3.05, 3.63) is 82.3 Å². The number of hydrogen-bond donors (Lipinski definition) is 1. The fraction of sp³-hybridized carbons (Fsp3) is 0.436. The molecule has 0 unspecified atom stereocenters. The van der Waals surface area contributed by atoms with Crippen LogP contribution in [0.4, 0.5) is 0 Å². The Bertz CT molecular complexity index is 1950. The van der Waals surface area contributed by atoms with Crippen molar-refractivity contribution in [3.63, 3.8) is 0 Å². The average Bonchev–Trinajstić information content (AvgIpc) is 3.57. The van der Waals surface area contributed by atoms with Gasteiger partial charge >= 0.3 is 5.97 Å². The van der Waals surface area contributed by atoms with Crippen LogP contribution in [0.15, 0.2) is 54.6 Å². The standard InChI is InChI=1S/C39H46ClN5O4/c1-27-35-33(41-45(27)19-9-17-43-22-20-42(2)21-23-43)26-48-24-6-5-18-44-37-31(15-16-32(40)36(35)37)30(38(44)39(46)47)13-8-25-49-34-14-7-11-28-10-3-4-12-29(28)34/h3-4,7,10-12,14-16H,5-6,8-9,13,17-26H2,1-2H3,(H,46,47). The molecule has 2 aromatic heterocycles. The van der Waals surface area contributed by atoms with Crippen LogP contribution in [0.5, 0.6) is 5.75 Å². The molecule has 0 bridgehead atoms. The van der Waals surface area contributed by atoms with Crippen LogP contribution in [0.3, 0.4) is 0 Å². The zero-order valence-electron chi connectivity index (χ0n) is 28.6. The molecule has 10 heteroatoms. The molecule has 0 amide bonds. The van der Waals surface area contributed by atoms with Gasteiger partial charge in [0.25, 0.3) is 0 Å². The molecule has 9 nitrogen and oxygen atoms in total. The number of carboxylic acid groups (broad SMARTS) is 1. The summed E-state index contributed by atoms with van der Waals surface area (Å²) < 4.78 is 16.5. The van der Waals surface area contributed by atoms with E-state index in [1.807, 2.05) is 41.0 Å². The lowest BCUT2D eigenvalue weighted by Gasteiger charge is -2.32. The number of nitrogens with zero attached hydrogens (tertiary/aromatic N) is 5. The first kappa shape index (κ1) is 33.6. The highest BCUT2D eigenvalue weighted by Crippen LogP contribution is 2.43. The molecular formula is C39H46ClN5O4. The van der Waals surface area contributed by atoms with Gasteiger partial charge in [0.1, 0.15) is 11.4 Å². The van der Waals surface area contributed by atoms with Crippen molar-refractivity contribution in [3.8, 4) is 16.9 Å². The number of rotatable bonds is 10. The molecule has 7 rings (SSSR count). The summed E-state index contributed by atoms with van der Waals surface area (Å²) in [5, 5.41) is 19.5. The lowest BCUT2D eigenvalue weighted by Crippen LogP contribution is -2.44. The number of halogens is 1. The van der Waals surface area contributed by atoms with Crippen molar-refractivity contribution in [2.24, 2.45) is 0 Å². The van der Waals surface area contributed by atoms with Gasteiger partial charge in [0.2, 0.25) is 0 Å². The summed E-state index contributed by atoms with van der Waals surface area (Å²) in [7, 11) is 2.18. The third kappa shape index (κ3) is 6.95. The Balaban J connectivity index is 1.22. The lowest BCUT2D eigenvalue weighted by molar-refractivity contribution is 0.0683. The molecule has 0 radical (unpaired) electrons. The highest BCUT2D eigenvalue weighted by atomic mass is 35.5. The summed E-state index contributed by atoms with van der Waals surface area (Å²) in [6.45, 7) is 10.3. The third-order valence-corrected chi connectivity index (χ3v) is 10.5. The largest absolute Gasteiger partial charge is 0.493 e. The Morgan fingerprint density at radius 2 is 1.76 bits per heavy atom. The molecule has 49 heavy (non-hydrogen) atoms. The van der Waals surface area contributed by atoms with Crippen LogP contribution in [-0.2, 0) is 30.9 Å². The van der Waals surface area contributed by atoms with Gasteiger partial charge in [-0.15, -0.1) is 0 Å². The van der Waals surface area contributed by atoms with Gasteiger partial charge in [-0.25, -0.2) is 4.79 Å². The summed E-state index contributed by atoms with van der Waals surface area (Å²) in [6, 6.07) is 18.2. The van der Waals surface area contributed by atoms with E-state index in [1.165, 1.54) is 0 Å². The highest BCUT2D eigenvalue weighted by Gasteiger charge is 2.29. The van der Waals surface area contributed by atoms with Crippen molar-refractivity contribution in [2.75, 3.05) is 53.0 Å². The normalized spacial score (nSPS) is 16.1. The molecule has 0 atom stereocenters. The number of aryl methyl sites for hydroxylation is 3. The van der Waals surface area contributed by atoms with E-state index in [0.717, 1.165) is 114 Å². The van der Waals surface area contributed by atoms with Crippen molar-refractivity contribution in [1.29, 1.82) is 0 Å². The number of ether oxygens (including phenoxy) is 2. The molecule has 0 saturated carbocycles. The van der Waals surface area contributed by atoms with E-state index in [9.17, 15) is 9.90 Å². The van der Waals surface area contributed by atoms with Crippen LogP contribution in [0.2, 0.25) is 5.02 Å². The summed E-state index contributed by atoms with van der Waals surface area (Å²) in [5.74, 6) is -0.0841. The fourth-order valence-electron chi connectivity index (χ4n) is 7.62. The van der Waals surface area contributed by atoms with Gasteiger partial charge in [0, 0.05) is 73.5 Å². The van der Waals surface area contributed by atoms with Gasteiger partial charge in [-0.1, -0.05) is 54.1 Å². The van der Waals surface area contributed by atoms with E-state index in [1.54, 1.807) is 0 Å². The van der Waals surface area contributed by atoms with Crippen LogP contribution in [0.1, 0.15) is 53.1 Å². The first-order chi connectivity index (χ1) is 23.9. The number of piperazine rings is 1. The predicted molar refractivity (Wildman–Crippen MR) is 195 cm³/mol. The van der Waals surface area contributed by atoms with Gasteiger partial charge in [-0.3, -0.25) is 4.68 Å². The molecule has 1 N–H and O–H groups in total. The minimum Gasteiger partial charge on any atom is -0.493 e. The SMILES string of the molecule is Cc1c2c(nn1CCCN1CCN(C)CC1)COCCCCn1c(C(=O)O)c(CCCOc3cccc4ccccc34)c3ccc(Cl)c-2c31. The lowest BCUT2D eigenvalue weighted by atomic mass is 9.98. The molecule has 2 aliphatic rings. The number of fused-ring (bicyclic) bond motifs is 3. The molecule has 0 spiro atoms. The second kappa shape index (κ2) is 14.9. The molecule has 5 aromatic rings. The zero-order chi connectivity index (χ0) is 33.9. The molecule has 4 heterocycles. The van der Waals surface area contributed by atoms with Crippen LogP contribution < -0.4 is 4.74 Å².